The number of carbonyl (C=O) groups is 2. The summed E-state index contributed by atoms with van der Waals surface area (Å²) >= 11 is 0. The first-order chi connectivity index (χ1) is 8.56. The molecule has 1 heterocycles. The van der Waals surface area contributed by atoms with Crippen LogP contribution in [-0.4, -0.2) is 18.4 Å². The molecule has 0 atom stereocenters. The van der Waals surface area contributed by atoms with Crippen LogP contribution in [0.15, 0.2) is 22.6 Å². The van der Waals surface area contributed by atoms with Crippen LogP contribution in [0.1, 0.15) is 28.6 Å². The number of ether oxygens (including phenoxy) is 1. The van der Waals surface area contributed by atoms with Gasteiger partial charge in [-0.05, 0) is 26.3 Å². The van der Waals surface area contributed by atoms with Gasteiger partial charge in [0.1, 0.15) is 5.58 Å². The van der Waals surface area contributed by atoms with E-state index in [-0.39, 0.29) is 12.4 Å². The molecule has 0 aliphatic carbocycles. The van der Waals surface area contributed by atoms with E-state index in [0.717, 1.165) is 10.9 Å². The number of aryl methyl sites for hydroxylation is 2. The Bertz CT molecular complexity index is 622. The Morgan fingerprint density at radius 3 is 2.61 bits per heavy atom. The lowest BCUT2D eigenvalue weighted by atomic mass is 10.1. The Morgan fingerprint density at radius 2 is 2.00 bits per heavy atom. The van der Waals surface area contributed by atoms with Crippen LogP contribution >= 0.6 is 0 Å². The second-order valence-electron chi connectivity index (χ2n) is 4.06. The van der Waals surface area contributed by atoms with Gasteiger partial charge in [-0.15, -0.1) is 0 Å². The molecule has 0 aliphatic rings. The molecule has 0 bridgehead atoms. The number of esters is 1. The van der Waals surface area contributed by atoms with E-state index < -0.39 is 11.8 Å². The zero-order valence-electron chi connectivity index (χ0n) is 10.6. The van der Waals surface area contributed by atoms with Crippen molar-refractivity contribution in [3.63, 3.8) is 0 Å². The van der Waals surface area contributed by atoms with Crippen LogP contribution in [0.3, 0.4) is 0 Å². The summed E-state index contributed by atoms with van der Waals surface area (Å²) < 4.78 is 10.2. The summed E-state index contributed by atoms with van der Waals surface area (Å²) in [6.45, 7) is 5.48. The normalized spacial score (nSPS) is 10.6. The van der Waals surface area contributed by atoms with Crippen molar-refractivity contribution in [3.05, 3.63) is 35.1 Å². The Morgan fingerprint density at radius 1 is 1.28 bits per heavy atom. The van der Waals surface area contributed by atoms with Gasteiger partial charge in [-0.3, -0.25) is 4.79 Å². The first-order valence-electron chi connectivity index (χ1n) is 5.76. The van der Waals surface area contributed by atoms with E-state index >= 15 is 0 Å². The molecule has 2 aromatic rings. The molecule has 0 radical (unpaired) electrons. The third-order valence-corrected chi connectivity index (χ3v) is 2.83. The number of hydrogen-bond acceptors (Lipinski definition) is 4. The minimum atomic E-state index is -0.877. The van der Waals surface area contributed by atoms with Gasteiger partial charge in [0.15, 0.2) is 5.76 Å². The Kier molecular flexibility index (Phi) is 3.19. The van der Waals surface area contributed by atoms with Gasteiger partial charge in [-0.25, -0.2) is 4.79 Å². The monoisotopic (exact) mass is 246 g/mol. The summed E-state index contributed by atoms with van der Waals surface area (Å²) in [5, 5.41) is 0.850. The third-order valence-electron chi connectivity index (χ3n) is 2.83. The van der Waals surface area contributed by atoms with Crippen LogP contribution in [0.5, 0.6) is 0 Å². The molecular weight excluding hydrogens is 232 g/mol. The summed E-state index contributed by atoms with van der Waals surface area (Å²) in [4.78, 5) is 23.3. The van der Waals surface area contributed by atoms with Gasteiger partial charge in [-0.1, -0.05) is 18.2 Å². The maximum absolute atomic E-state index is 11.9. The lowest BCUT2D eigenvalue weighted by molar-refractivity contribution is -0.137. The molecular formula is C14H14O4. The predicted molar refractivity (Wildman–Crippen MR) is 66.7 cm³/mol. The number of para-hydroxylation sites is 1. The molecule has 1 aromatic carbocycles. The molecule has 4 nitrogen and oxygen atoms in total. The highest BCUT2D eigenvalue weighted by atomic mass is 16.5. The van der Waals surface area contributed by atoms with E-state index in [2.05, 4.69) is 0 Å². The lowest BCUT2D eigenvalue weighted by Crippen LogP contribution is -2.17. The van der Waals surface area contributed by atoms with Crippen LogP contribution in [0.2, 0.25) is 0 Å². The van der Waals surface area contributed by atoms with Crippen molar-refractivity contribution in [3.8, 4) is 0 Å². The molecule has 2 rings (SSSR count). The van der Waals surface area contributed by atoms with E-state index in [1.54, 1.807) is 13.8 Å². The molecule has 1 aromatic heterocycles. The smallest absolute Gasteiger partial charge is 0.383 e. The summed E-state index contributed by atoms with van der Waals surface area (Å²) in [6.07, 6.45) is 0. The largest absolute Gasteiger partial charge is 0.460 e. The van der Waals surface area contributed by atoms with Crippen LogP contribution in [-0.2, 0) is 9.53 Å². The number of rotatable bonds is 3. The van der Waals surface area contributed by atoms with Gasteiger partial charge in [0, 0.05) is 10.9 Å². The van der Waals surface area contributed by atoms with Crippen LogP contribution in [0.25, 0.3) is 11.0 Å². The second kappa shape index (κ2) is 4.64. The Balaban J connectivity index is 2.52. The number of Topliss-reactive ketones (excluding diaryl/α,β-unsaturated/α-hetero) is 1. The van der Waals surface area contributed by atoms with Crippen molar-refractivity contribution in [2.24, 2.45) is 0 Å². The molecule has 4 heteroatoms. The van der Waals surface area contributed by atoms with Gasteiger partial charge in [0.05, 0.1) is 6.61 Å². The SMILES string of the molecule is CCOC(=O)C(=O)c1oc2c(C)cccc2c1C. The van der Waals surface area contributed by atoms with E-state index in [4.69, 9.17) is 9.15 Å². The van der Waals surface area contributed by atoms with Crippen molar-refractivity contribution in [2.75, 3.05) is 6.61 Å². The molecule has 0 amide bonds. The molecule has 0 saturated carbocycles. The Labute approximate surface area is 105 Å². The van der Waals surface area contributed by atoms with Gasteiger partial charge in [0.25, 0.3) is 0 Å². The maximum atomic E-state index is 11.9. The fraction of sp³-hybridized carbons (Fsp3) is 0.286. The van der Waals surface area contributed by atoms with E-state index in [1.165, 1.54) is 0 Å². The third kappa shape index (κ3) is 1.90. The number of benzene rings is 1. The molecule has 0 unspecified atom stereocenters. The number of hydrogen-bond donors (Lipinski definition) is 0. The Hall–Kier alpha value is -2.10. The fourth-order valence-corrected chi connectivity index (χ4v) is 1.89. The van der Waals surface area contributed by atoms with Crippen molar-refractivity contribution in [1.82, 2.24) is 0 Å². The zero-order valence-corrected chi connectivity index (χ0v) is 10.6. The van der Waals surface area contributed by atoms with Crippen molar-refractivity contribution in [1.29, 1.82) is 0 Å². The van der Waals surface area contributed by atoms with E-state index in [0.29, 0.717) is 11.1 Å². The minimum absolute atomic E-state index is 0.0674. The van der Waals surface area contributed by atoms with Crippen LogP contribution in [0.4, 0.5) is 0 Å². The van der Waals surface area contributed by atoms with Crippen molar-refractivity contribution in [2.45, 2.75) is 20.8 Å². The lowest BCUT2D eigenvalue weighted by Gasteiger charge is -1.98. The predicted octanol–water partition coefficient (Wildman–Crippen LogP) is 2.80. The van der Waals surface area contributed by atoms with E-state index in [9.17, 15) is 9.59 Å². The molecule has 18 heavy (non-hydrogen) atoms. The van der Waals surface area contributed by atoms with Crippen molar-refractivity contribution >= 4 is 22.7 Å². The summed E-state index contributed by atoms with van der Waals surface area (Å²) in [7, 11) is 0. The summed E-state index contributed by atoms with van der Waals surface area (Å²) in [6, 6.07) is 5.64. The first-order valence-corrected chi connectivity index (χ1v) is 5.76. The highest BCUT2D eigenvalue weighted by molar-refractivity contribution is 6.40. The number of carbonyl (C=O) groups excluding carboxylic acids is 2. The average molecular weight is 246 g/mol. The van der Waals surface area contributed by atoms with E-state index in [1.807, 2.05) is 25.1 Å². The zero-order chi connectivity index (χ0) is 13.3. The van der Waals surface area contributed by atoms with Crippen molar-refractivity contribution < 1.29 is 18.7 Å². The highest BCUT2D eigenvalue weighted by Crippen LogP contribution is 2.28. The standard InChI is InChI=1S/C14H14O4/c1-4-17-14(16)11(15)13-9(3)10-7-5-6-8(2)12(10)18-13/h5-7H,4H2,1-3H3. The fourth-order valence-electron chi connectivity index (χ4n) is 1.89. The molecule has 0 spiro atoms. The maximum Gasteiger partial charge on any atom is 0.383 e. The second-order valence-corrected chi connectivity index (χ2v) is 4.06. The molecule has 0 N–H and O–H groups in total. The number of fused-ring (bicyclic) bond motifs is 1. The van der Waals surface area contributed by atoms with Gasteiger partial charge >= 0.3 is 11.8 Å². The number of furan rings is 1. The van der Waals surface area contributed by atoms with Gasteiger partial charge in [0.2, 0.25) is 0 Å². The average Bonchev–Trinajstić information content (AvgIpc) is 2.68. The minimum Gasteiger partial charge on any atom is -0.460 e. The van der Waals surface area contributed by atoms with Crippen LogP contribution < -0.4 is 0 Å². The molecule has 94 valence electrons. The van der Waals surface area contributed by atoms with Gasteiger partial charge in [-0.2, -0.15) is 0 Å². The summed E-state index contributed by atoms with van der Waals surface area (Å²) in [5.74, 6) is -1.54. The van der Waals surface area contributed by atoms with Crippen LogP contribution in [0, 0.1) is 13.8 Å². The van der Waals surface area contributed by atoms with Gasteiger partial charge < -0.3 is 9.15 Å². The first kappa shape index (κ1) is 12.4. The molecule has 0 aliphatic heterocycles. The summed E-state index contributed by atoms with van der Waals surface area (Å²) in [5.41, 5.74) is 2.24. The topological polar surface area (TPSA) is 56.5 Å². The quantitative estimate of drug-likeness (QED) is 0.474. The highest BCUT2D eigenvalue weighted by Gasteiger charge is 2.25. The molecule has 0 saturated heterocycles. The number of ketones is 1. The molecule has 0 fully saturated rings.